The van der Waals surface area contributed by atoms with E-state index in [1.165, 1.54) is 7.11 Å². The molecule has 5 heteroatoms. The predicted octanol–water partition coefficient (Wildman–Crippen LogP) is 1.65. The lowest BCUT2D eigenvalue weighted by Gasteiger charge is -2.20. The molecule has 0 fully saturated rings. The van der Waals surface area contributed by atoms with Crippen LogP contribution >= 0.6 is 0 Å². The molecule has 1 amide bonds. The van der Waals surface area contributed by atoms with Crippen LogP contribution in [-0.4, -0.2) is 31.0 Å². The van der Waals surface area contributed by atoms with E-state index >= 15 is 0 Å². The SMILES string of the molecule is CCN(CCC#N)C(=O)c1cc(OC)ccc1N. The van der Waals surface area contributed by atoms with Crippen LogP contribution in [0, 0.1) is 11.3 Å². The van der Waals surface area contributed by atoms with E-state index in [0.717, 1.165) is 0 Å². The first-order valence-electron chi connectivity index (χ1n) is 5.73. The summed E-state index contributed by atoms with van der Waals surface area (Å²) in [4.78, 5) is 13.8. The van der Waals surface area contributed by atoms with Crippen molar-refractivity contribution < 1.29 is 9.53 Å². The van der Waals surface area contributed by atoms with Crippen molar-refractivity contribution >= 4 is 11.6 Å². The third kappa shape index (κ3) is 3.14. The van der Waals surface area contributed by atoms with Crippen LogP contribution in [0.2, 0.25) is 0 Å². The number of rotatable bonds is 5. The Kier molecular flexibility index (Phi) is 5.00. The van der Waals surface area contributed by atoms with Gasteiger partial charge in [0.25, 0.3) is 5.91 Å². The summed E-state index contributed by atoms with van der Waals surface area (Å²) in [6.45, 7) is 2.81. The number of methoxy groups -OCH3 is 1. The lowest BCUT2D eigenvalue weighted by atomic mass is 10.1. The van der Waals surface area contributed by atoms with Crippen molar-refractivity contribution in [3.05, 3.63) is 23.8 Å². The maximum Gasteiger partial charge on any atom is 0.256 e. The van der Waals surface area contributed by atoms with E-state index < -0.39 is 0 Å². The van der Waals surface area contributed by atoms with Gasteiger partial charge >= 0.3 is 0 Å². The zero-order valence-electron chi connectivity index (χ0n) is 10.6. The fourth-order valence-corrected chi connectivity index (χ4v) is 1.61. The first kappa shape index (κ1) is 13.8. The highest BCUT2D eigenvalue weighted by atomic mass is 16.5. The summed E-state index contributed by atoms with van der Waals surface area (Å²) < 4.78 is 5.08. The van der Waals surface area contributed by atoms with Crippen LogP contribution in [0.15, 0.2) is 18.2 Å². The summed E-state index contributed by atoms with van der Waals surface area (Å²) >= 11 is 0. The number of hydrogen-bond donors (Lipinski definition) is 1. The normalized spacial score (nSPS) is 9.61. The molecule has 5 nitrogen and oxygen atoms in total. The second-order valence-electron chi connectivity index (χ2n) is 3.75. The molecule has 0 saturated heterocycles. The van der Waals surface area contributed by atoms with E-state index in [2.05, 4.69) is 0 Å². The number of benzene rings is 1. The number of carbonyl (C=O) groups is 1. The highest BCUT2D eigenvalue weighted by Gasteiger charge is 2.17. The van der Waals surface area contributed by atoms with Crippen LogP contribution in [0.4, 0.5) is 5.69 Å². The maximum atomic E-state index is 12.3. The molecule has 0 aliphatic heterocycles. The third-order valence-corrected chi connectivity index (χ3v) is 2.65. The fourth-order valence-electron chi connectivity index (χ4n) is 1.61. The maximum absolute atomic E-state index is 12.3. The van der Waals surface area contributed by atoms with Gasteiger partial charge in [0.05, 0.1) is 25.2 Å². The van der Waals surface area contributed by atoms with Gasteiger partial charge < -0.3 is 15.4 Å². The molecule has 0 saturated carbocycles. The summed E-state index contributed by atoms with van der Waals surface area (Å²) in [5.41, 5.74) is 6.62. The Labute approximate surface area is 107 Å². The monoisotopic (exact) mass is 247 g/mol. The van der Waals surface area contributed by atoms with Crippen LogP contribution in [0.25, 0.3) is 0 Å². The van der Waals surface area contributed by atoms with Gasteiger partial charge in [0.2, 0.25) is 0 Å². The molecule has 0 radical (unpaired) electrons. The van der Waals surface area contributed by atoms with Gasteiger partial charge in [-0.05, 0) is 25.1 Å². The van der Waals surface area contributed by atoms with Crippen LogP contribution in [-0.2, 0) is 0 Å². The largest absolute Gasteiger partial charge is 0.497 e. The van der Waals surface area contributed by atoms with Gasteiger partial charge in [-0.1, -0.05) is 0 Å². The quantitative estimate of drug-likeness (QED) is 0.802. The third-order valence-electron chi connectivity index (χ3n) is 2.65. The van der Waals surface area contributed by atoms with Gasteiger partial charge in [0, 0.05) is 18.8 Å². The lowest BCUT2D eigenvalue weighted by Crippen LogP contribution is -2.32. The summed E-state index contributed by atoms with van der Waals surface area (Å²) in [6, 6.07) is 6.99. The smallest absolute Gasteiger partial charge is 0.256 e. The van der Waals surface area contributed by atoms with Gasteiger partial charge in [0.1, 0.15) is 5.75 Å². The van der Waals surface area contributed by atoms with Crippen LogP contribution in [0.3, 0.4) is 0 Å². The molecule has 18 heavy (non-hydrogen) atoms. The molecule has 0 aromatic heterocycles. The second-order valence-corrected chi connectivity index (χ2v) is 3.75. The Bertz CT molecular complexity index is 466. The van der Waals surface area contributed by atoms with Crippen molar-refractivity contribution in [2.24, 2.45) is 0 Å². The molecule has 1 aromatic rings. The second kappa shape index (κ2) is 6.50. The number of ether oxygens (including phenoxy) is 1. The number of nitrogens with zero attached hydrogens (tertiary/aromatic N) is 2. The first-order chi connectivity index (χ1) is 8.63. The van der Waals surface area contributed by atoms with Gasteiger partial charge in [-0.3, -0.25) is 4.79 Å². The molecule has 0 aliphatic rings. The van der Waals surface area contributed by atoms with Crippen LogP contribution in [0.5, 0.6) is 5.75 Å². The standard InChI is InChI=1S/C13H17N3O2/c1-3-16(8-4-7-14)13(17)11-9-10(18-2)5-6-12(11)15/h5-6,9H,3-4,8,15H2,1-2H3. The van der Waals surface area contributed by atoms with Crippen LogP contribution in [0.1, 0.15) is 23.7 Å². The molecule has 0 spiro atoms. The summed E-state index contributed by atoms with van der Waals surface area (Å²) in [7, 11) is 1.53. The number of nitrogens with two attached hydrogens (primary N) is 1. The minimum absolute atomic E-state index is 0.177. The van der Waals surface area contributed by atoms with E-state index in [1.54, 1.807) is 23.1 Å². The van der Waals surface area contributed by atoms with Crippen molar-refractivity contribution in [3.8, 4) is 11.8 Å². The van der Waals surface area contributed by atoms with Crippen molar-refractivity contribution in [3.63, 3.8) is 0 Å². The molecule has 0 heterocycles. The highest BCUT2D eigenvalue weighted by Crippen LogP contribution is 2.21. The number of hydrogen-bond acceptors (Lipinski definition) is 4. The molecule has 96 valence electrons. The van der Waals surface area contributed by atoms with Gasteiger partial charge in [-0.15, -0.1) is 0 Å². The lowest BCUT2D eigenvalue weighted by molar-refractivity contribution is 0.0768. The van der Waals surface area contributed by atoms with Gasteiger partial charge in [0.15, 0.2) is 0 Å². The molecule has 0 atom stereocenters. The van der Waals surface area contributed by atoms with E-state index in [-0.39, 0.29) is 5.91 Å². The van der Waals surface area contributed by atoms with Crippen molar-refractivity contribution in [1.29, 1.82) is 5.26 Å². The summed E-state index contributed by atoms with van der Waals surface area (Å²) in [5.74, 6) is 0.410. The number of amides is 1. The van der Waals surface area contributed by atoms with E-state index in [1.807, 2.05) is 13.0 Å². The number of carbonyl (C=O) groups excluding carboxylic acids is 1. The minimum Gasteiger partial charge on any atom is -0.497 e. The number of nitriles is 1. The molecule has 0 bridgehead atoms. The molecule has 2 N–H and O–H groups in total. The Morgan fingerprint density at radius 3 is 2.83 bits per heavy atom. The topological polar surface area (TPSA) is 79.3 Å². The Morgan fingerprint density at radius 1 is 1.56 bits per heavy atom. The zero-order chi connectivity index (χ0) is 13.5. The zero-order valence-corrected chi connectivity index (χ0v) is 10.6. The molecule has 0 aliphatic carbocycles. The van der Waals surface area contributed by atoms with Crippen molar-refractivity contribution in [2.75, 3.05) is 25.9 Å². The van der Waals surface area contributed by atoms with Gasteiger partial charge in [-0.25, -0.2) is 0 Å². The highest BCUT2D eigenvalue weighted by molar-refractivity contribution is 5.99. The van der Waals surface area contributed by atoms with Crippen molar-refractivity contribution in [2.45, 2.75) is 13.3 Å². The average molecular weight is 247 g/mol. The molecular weight excluding hydrogens is 230 g/mol. The molecule has 1 aromatic carbocycles. The Hall–Kier alpha value is -2.22. The fraction of sp³-hybridized carbons (Fsp3) is 0.385. The average Bonchev–Trinajstić information content (AvgIpc) is 2.40. The van der Waals surface area contributed by atoms with E-state index in [9.17, 15) is 4.79 Å². The number of anilines is 1. The molecule has 1 rings (SSSR count). The summed E-state index contributed by atoms with van der Waals surface area (Å²) in [6.07, 6.45) is 0.309. The van der Waals surface area contributed by atoms with Crippen molar-refractivity contribution in [1.82, 2.24) is 4.90 Å². The number of nitrogen functional groups attached to an aromatic ring is 1. The predicted molar refractivity (Wildman–Crippen MR) is 69.2 cm³/mol. The van der Waals surface area contributed by atoms with Crippen LogP contribution < -0.4 is 10.5 Å². The van der Waals surface area contributed by atoms with Gasteiger partial charge in [-0.2, -0.15) is 5.26 Å². The first-order valence-corrected chi connectivity index (χ1v) is 5.73. The minimum atomic E-state index is -0.177. The molecular formula is C13H17N3O2. The summed E-state index contributed by atoms with van der Waals surface area (Å²) in [5, 5.41) is 8.57. The van der Waals surface area contributed by atoms with E-state index in [4.69, 9.17) is 15.7 Å². The Morgan fingerprint density at radius 2 is 2.28 bits per heavy atom. The molecule has 0 unspecified atom stereocenters. The van der Waals surface area contributed by atoms with E-state index in [0.29, 0.717) is 36.5 Å². The Balaban J connectivity index is 2.97.